The van der Waals surface area contributed by atoms with Gasteiger partial charge in [0.2, 0.25) is 0 Å². The summed E-state index contributed by atoms with van der Waals surface area (Å²) in [5, 5.41) is 13.2. The van der Waals surface area contributed by atoms with Gasteiger partial charge in [-0.15, -0.1) is 0 Å². The smallest absolute Gasteiger partial charge is 0.311 e. The van der Waals surface area contributed by atoms with Crippen molar-refractivity contribution in [2.24, 2.45) is 18.2 Å². The van der Waals surface area contributed by atoms with Crippen molar-refractivity contribution in [3.8, 4) is 0 Å². The van der Waals surface area contributed by atoms with Gasteiger partial charge in [-0.2, -0.15) is 5.10 Å². The predicted octanol–water partition coefficient (Wildman–Crippen LogP) is 0.675. The highest BCUT2D eigenvalue weighted by molar-refractivity contribution is 5.77. The van der Waals surface area contributed by atoms with Crippen LogP contribution in [-0.2, 0) is 11.8 Å². The largest absolute Gasteiger partial charge is 0.481 e. The molecule has 1 heterocycles. The van der Waals surface area contributed by atoms with Crippen LogP contribution < -0.4 is 5.73 Å². The number of aryl methyl sites for hydroxylation is 1. The fourth-order valence-electron chi connectivity index (χ4n) is 2.14. The molecule has 1 fully saturated rings. The number of aliphatic carboxylic acids is 1. The van der Waals surface area contributed by atoms with Crippen LogP contribution in [0.4, 0.5) is 0 Å². The second-order valence-corrected chi connectivity index (χ2v) is 4.24. The number of carbonyl (C=O) groups is 1. The van der Waals surface area contributed by atoms with Gasteiger partial charge >= 0.3 is 5.97 Å². The predicted molar refractivity (Wildman–Crippen MR) is 54.1 cm³/mol. The lowest BCUT2D eigenvalue weighted by atomic mass is 9.63. The Bertz CT molecular complexity index is 382. The third-order valence-electron chi connectivity index (χ3n) is 3.35. The number of rotatable bonds is 3. The van der Waals surface area contributed by atoms with E-state index < -0.39 is 17.4 Å². The van der Waals surface area contributed by atoms with E-state index in [1.54, 1.807) is 24.1 Å². The highest BCUT2D eigenvalue weighted by atomic mass is 16.4. The third-order valence-corrected chi connectivity index (χ3v) is 3.35. The molecule has 15 heavy (non-hydrogen) atoms. The molecule has 1 aliphatic carbocycles. The van der Waals surface area contributed by atoms with E-state index >= 15 is 0 Å². The summed E-state index contributed by atoms with van der Waals surface area (Å²) in [6.07, 6.45) is 5.71. The summed E-state index contributed by atoms with van der Waals surface area (Å²) in [6, 6.07) is -0.447. The number of nitrogens with two attached hydrogens (primary N) is 1. The molecule has 0 amide bonds. The van der Waals surface area contributed by atoms with Gasteiger partial charge in [0.15, 0.2) is 0 Å². The molecule has 1 atom stereocenters. The summed E-state index contributed by atoms with van der Waals surface area (Å²) >= 11 is 0. The van der Waals surface area contributed by atoms with E-state index in [4.69, 9.17) is 5.73 Å². The first-order chi connectivity index (χ1) is 7.06. The molecule has 3 N–H and O–H groups in total. The Kier molecular flexibility index (Phi) is 2.26. The van der Waals surface area contributed by atoms with Gasteiger partial charge in [0.1, 0.15) is 0 Å². The van der Waals surface area contributed by atoms with Gasteiger partial charge in [-0.3, -0.25) is 9.48 Å². The maximum Gasteiger partial charge on any atom is 0.311 e. The minimum atomic E-state index is -0.787. The van der Waals surface area contributed by atoms with Crippen molar-refractivity contribution in [3.63, 3.8) is 0 Å². The Morgan fingerprint density at radius 1 is 1.73 bits per heavy atom. The van der Waals surface area contributed by atoms with Crippen LogP contribution in [0.25, 0.3) is 0 Å². The maximum atomic E-state index is 11.2. The molecule has 1 unspecified atom stereocenters. The zero-order valence-electron chi connectivity index (χ0n) is 8.68. The Morgan fingerprint density at radius 2 is 2.40 bits per heavy atom. The highest BCUT2D eigenvalue weighted by Gasteiger charge is 2.50. The zero-order valence-corrected chi connectivity index (χ0v) is 8.68. The second-order valence-electron chi connectivity index (χ2n) is 4.24. The van der Waals surface area contributed by atoms with Crippen molar-refractivity contribution in [1.29, 1.82) is 0 Å². The molecule has 0 spiro atoms. The first kappa shape index (κ1) is 10.2. The van der Waals surface area contributed by atoms with Crippen LogP contribution in [0.3, 0.4) is 0 Å². The minimum absolute atomic E-state index is 0.447. The topological polar surface area (TPSA) is 81.1 Å². The Balaban J connectivity index is 2.26. The fourth-order valence-corrected chi connectivity index (χ4v) is 2.14. The molecule has 0 bridgehead atoms. The Morgan fingerprint density at radius 3 is 2.73 bits per heavy atom. The van der Waals surface area contributed by atoms with Gasteiger partial charge in [-0.1, -0.05) is 6.42 Å². The van der Waals surface area contributed by atoms with E-state index in [9.17, 15) is 9.90 Å². The van der Waals surface area contributed by atoms with Gasteiger partial charge in [0.25, 0.3) is 0 Å². The van der Waals surface area contributed by atoms with Crippen LogP contribution >= 0.6 is 0 Å². The summed E-state index contributed by atoms with van der Waals surface area (Å²) < 4.78 is 1.64. The lowest BCUT2D eigenvalue weighted by Crippen LogP contribution is -2.46. The molecule has 1 aromatic rings. The van der Waals surface area contributed by atoms with Crippen molar-refractivity contribution in [3.05, 3.63) is 18.0 Å². The number of hydrogen-bond acceptors (Lipinski definition) is 3. The van der Waals surface area contributed by atoms with Crippen molar-refractivity contribution < 1.29 is 9.90 Å². The van der Waals surface area contributed by atoms with E-state index in [0.29, 0.717) is 12.8 Å². The summed E-state index contributed by atoms with van der Waals surface area (Å²) in [7, 11) is 1.80. The first-order valence-electron chi connectivity index (χ1n) is 5.04. The molecule has 1 aromatic heterocycles. The van der Waals surface area contributed by atoms with Crippen LogP contribution in [0.2, 0.25) is 0 Å². The van der Waals surface area contributed by atoms with Crippen molar-refractivity contribution >= 4 is 5.97 Å². The molecule has 2 rings (SSSR count). The van der Waals surface area contributed by atoms with Crippen molar-refractivity contribution in [2.75, 3.05) is 0 Å². The molecule has 0 radical (unpaired) electrons. The summed E-state index contributed by atoms with van der Waals surface area (Å²) in [5.41, 5.74) is 6.06. The van der Waals surface area contributed by atoms with Crippen molar-refractivity contribution in [1.82, 2.24) is 9.78 Å². The summed E-state index contributed by atoms with van der Waals surface area (Å²) in [6.45, 7) is 0. The molecule has 0 aromatic carbocycles. The number of carboxylic acid groups (broad SMARTS) is 1. The minimum Gasteiger partial charge on any atom is -0.481 e. The normalized spacial score (nSPS) is 20.7. The third kappa shape index (κ3) is 1.43. The van der Waals surface area contributed by atoms with Crippen LogP contribution in [0.5, 0.6) is 0 Å². The van der Waals surface area contributed by atoms with Gasteiger partial charge in [0.05, 0.1) is 11.6 Å². The monoisotopic (exact) mass is 209 g/mol. The number of hydrogen-bond donors (Lipinski definition) is 2. The average molecular weight is 209 g/mol. The molecular formula is C10H15N3O2. The quantitative estimate of drug-likeness (QED) is 0.766. The SMILES string of the molecule is Cn1cc(C(N)C2(C(=O)O)CCC2)cn1. The van der Waals surface area contributed by atoms with E-state index in [1.165, 1.54) is 0 Å². The summed E-state index contributed by atoms with van der Waals surface area (Å²) in [5.74, 6) is -0.787. The molecule has 0 saturated heterocycles. The number of carboxylic acids is 1. The first-order valence-corrected chi connectivity index (χ1v) is 5.04. The van der Waals surface area contributed by atoms with Crippen LogP contribution in [0.15, 0.2) is 12.4 Å². The van der Waals surface area contributed by atoms with Gasteiger partial charge in [-0.05, 0) is 12.8 Å². The lowest BCUT2D eigenvalue weighted by molar-refractivity contribution is -0.156. The second kappa shape index (κ2) is 3.34. The Labute approximate surface area is 87.9 Å². The highest BCUT2D eigenvalue weighted by Crippen LogP contribution is 2.49. The van der Waals surface area contributed by atoms with Gasteiger partial charge in [0, 0.05) is 24.8 Å². The van der Waals surface area contributed by atoms with E-state index in [1.807, 2.05) is 0 Å². The van der Waals surface area contributed by atoms with Gasteiger partial charge < -0.3 is 10.8 Å². The van der Waals surface area contributed by atoms with E-state index in [2.05, 4.69) is 5.10 Å². The van der Waals surface area contributed by atoms with E-state index in [0.717, 1.165) is 12.0 Å². The number of nitrogens with zero attached hydrogens (tertiary/aromatic N) is 2. The molecule has 1 saturated carbocycles. The average Bonchev–Trinajstić information content (AvgIpc) is 2.48. The fraction of sp³-hybridized carbons (Fsp3) is 0.600. The van der Waals surface area contributed by atoms with Crippen LogP contribution in [0, 0.1) is 5.41 Å². The lowest BCUT2D eigenvalue weighted by Gasteiger charge is -2.41. The molecular weight excluding hydrogens is 194 g/mol. The Hall–Kier alpha value is -1.36. The zero-order chi connectivity index (χ0) is 11.1. The van der Waals surface area contributed by atoms with Crippen molar-refractivity contribution in [2.45, 2.75) is 25.3 Å². The van der Waals surface area contributed by atoms with Crippen LogP contribution in [-0.4, -0.2) is 20.9 Å². The summed E-state index contributed by atoms with van der Waals surface area (Å²) in [4.78, 5) is 11.2. The van der Waals surface area contributed by atoms with E-state index in [-0.39, 0.29) is 0 Å². The molecule has 0 aliphatic heterocycles. The maximum absolute atomic E-state index is 11.2. The number of aromatic nitrogens is 2. The van der Waals surface area contributed by atoms with Gasteiger partial charge in [-0.25, -0.2) is 0 Å². The molecule has 1 aliphatic rings. The standard InChI is InChI=1S/C10H15N3O2/c1-13-6-7(5-12-13)8(11)10(9(14)15)3-2-4-10/h5-6,8H,2-4,11H2,1H3,(H,14,15). The molecule has 82 valence electrons. The molecule has 5 nitrogen and oxygen atoms in total. The van der Waals surface area contributed by atoms with Crippen LogP contribution in [0.1, 0.15) is 30.9 Å². The molecule has 5 heteroatoms.